The van der Waals surface area contributed by atoms with Crippen LogP contribution in [0.4, 0.5) is 0 Å². The van der Waals surface area contributed by atoms with Crippen LogP contribution in [0.25, 0.3) is 0 Å². The highest BCUT2D eigenvalue weighted by atomic mass is 16.8. The molecular weight excluding hydrogens is 632 g/mol. The Bertz CT molecular complexity index is 923. The van der Waals surface area contributed by atoms with Crippen LogP contribution in [0.5, 0.6) is 0 Å². The predicted molar refractivity (Wildman–Crippen MR) is 185 cm³/mol. The Morgan fingerprint density at radius 3 is 1.71 bits per heavy atom. The summed E-state index contributed by atoms with van der Waals surface area (Å²) in [5.74, 6) is -3.92. The fraction of sp³-hybridized carbons (Fsp3) is 0.947. The van der Waals surface area contributed by atoms with E-state index in [1.54, 1.807) is 13.8 Å². The standard InChI is InChI=1S/C38H68O11/c1-8-11-12-13-14-15-16-17-18-19-20-21-22-23-24-43-28(25-29(34(39)41-9-2)35(40)42-10-3)26-44-36-33-32(48-38(6,7)49-33)31(46-36)30-27-45-37(4,5)47-30/h28-33,36H,8-27H2,1-7H3/t28-,30-,31-,32+,33+,36-/m1/s1. The zero-order valence-corrected chi connectivity index (χ0v) is 31.7. The molecular formula is C38H68O11. The Labute approximate surface area is 296 Å². The Morgan fingerprint density at radius 2 is 1.20 bits per heavy atom. The summed E-state index contributed by atoms with van der Waals surface area (Å²) < 4.78 is 53.7. The maximum absolute atomic E-state index is 12.8. The fourth-order valence-electron chi connectivity index (χ4n) is 6.87. The molecule has 0 aliphatic carbocycles. The maximum atomic E-state index is 12.8. The second kappa shape index (κ2) is 21.9. The van der Waals surface area contributed by atoms with Crippen LogP contribution in [-0.2, 0) is 52.2 Å². The van der Waals surface area contributed by atoms with Crippen molar-refractivity contribution < 1.29 is 52.2 Å². The van der Waals surface area contributed by atoms with Gasteiger partial charge in [-0.05, 0) is 54.4 Å². The van der Waals surface area contributed by atoms with Crippen molar-refractivity contribution in [2.24, 2.45) is 5.92 Å². The molecule has 0 amide bonds. The molecule has 0 spiro atoms. The number of ether oxygens (including phenoxy) is 9. The van der Waals surface area contributed by atoms with Crippen LogP contribution in [0.1, 0.15) is 145 Å². The first kappa shape index (κ1) is 42.1. The van der Waals surface area contributed by atoms with Crippen molar-refractivity contribution in [2.75, 3.05) is 33.0 Å². The Kier molecular flexibility index (Phi) is 18.8. The summed E-state index contributed by atoms with van der Waals surface area (Å²) >= 11 is 0. The van der Waals surface area contributed by atoms with E-state index in [1.807, 2.05) is 27.7 Å². The molecule has 11 heteroatoms. The highest BCUT2D eigenvalue weighted by Gasteiger charge is 2.59. The summed E-state index contributed by atoms with van der Waals surface area (Å²) in [4.78, 5) is 25.7. The largest absolute Gasteiger partial charge is 0.465 e. The molecule has 0 saturated carbocycles. The van der Waals surface area contributed by atoms with Crippen LogP contribution >= 0.6 is 0 Å². The van der Waals surface area contributed by atoms with Gasteiger partial charge < -0.3 is 42.6 Å². The molecule has 3 aliphatic rings. The second-order valence-corrected chi connectivity index (χ2v) is 14.6. The van der Waals surface area contributed by atoms with Gasteiger partial charge in [-0.15, -0.1) is 0 Å². The molecule has 286 valence electrons. The summed E-state index contributed by atoms with van der Waals surface area (Å²) in [5.41, 5.74) is 0. The summed E-state index contributed by atoms with van der Waals surface area (Å²) in [6, 6.07) is 0. The van der Waals surface area contributed by atoms with Crippen molar-refractivity contribution in [3.05, 3.63) is 0 Å². The molecule has 6 atom stereocenters. The van der Waals surface area contributed by atoms with Crippen LogP contribution in [0.15, 0.2) is 0 Å². The summed E-state index contributed by atoms with van der Waals surface area (Å²) in [6.07, 6.45) is 14.8. The Balaban J connectivity index is 1.50. The molecule has 0 aromatic heterocycles. The van der Waals surface area contributed by atoms with E-state index in [-0.39, 0.29) is 32.3 Å². The van der Waals surface area contributed by atoms with E-state index in [1.165, 1.54) is 70.6 Å². The lowest BCUT2D eigenvalue weighted by Gasteiger charge is -2.28. The molecule has 0 aromatic rings. The highest BCUT2D eigenvalue weighted by Crippen LogP contribution is 2.42. The molecule has 3 heterocycles. The average molecular weight is 701 g/mol. The molecule has 0 bridgehead atoms. The summed E-state index contributed by atoms with van der Waals surface area (Å²) in [5, 5.41) is 0. The second-order valence-electron chi connectivity index (χ2n) is 14.6. The normalized spacial score (nSPS) is 26.2. The lowest BCUT2D eigenvalue weighted by atomic mass is 10.0. The third kappa shape index (κ3) is 14.7. The Morgan fingerprint density at radius 1 is 0.673 bits per heavy atom. The van der Waals surface area contributed by atoms with E-state index in [0.717, 1.165) is 19.3 Å². The molecule has 0 aromatic carbocycles. The summed E-state index contributed by atoms with van der Waals surface area (Å²) in [7, 11) is 0. The van der Waals surface area contributed by atoms with Gasteiger partial charge in [-0.25, -0.2) is 0 Å². The van der Waals surface area contributed by atoms with Crippen molar-refractivity contribution in [3.8, 4) is 0 Å². The first-order valence-corrected chi connectivity index (χ1v) is 19.4. The zero-order chi connectivity index (χ0) is 35.7. The van der Waals surface area contributed by atoms with Crippen LogP contribution < -0.4 is 0 Å². The van der Waals surface area contributed by atoms with E-state index >= 15 is 0 Å². The van der Waals surface area contributed by atoms with Crippen LogP contribution in [0.2, 0.25) is 0 Å². The SMILES string of the molecule is CCCCCCCCCCCCCCCCO[C@@H](CO[C@@H]1O[C@H]([C@H]2COC(C)(C)O2)[C@@H]2OC(C)(C)O[C@H]12)CC(C(=O)OCC)C(=O)OCC. The van der Waals surface area contributed by atoms with Crippen LogP contribution in [0.3, 0.4) is 0 Å². The van der Waals surface area contributed by atoms with Gasteiger partial charge in [-0.2, -0.15) is 0 Å². The average Bonchev–Trinajstić information content (AvgIpc) is 3.68. The molecule has 0 radical (unpaired) electrons. The van der Waals surface area contributed by atoms with Gasteiger partial charge in [0.1, 0.15) is 24.4 Å². The first-order chi connectivity index (χ1) is 23.5. The molecule has 0 N–H and O–H groups in total. The number of unbranched alkanes of at least 4 members (excludes halogenated alkanes) is 13. The van der Waals surface area contributed by atoms with E-state index in [4.69, 9.17) is 42.6 Å². The third-order valence-electron chi connectivity index (χ3n) is 9.38. The highest BCUT2D eigenvalue weighted by molar-refractivity contribution is 5.94. The number of carbonyl (C=O) groups excluding carboxylic acids is 2. The molecule has 3 aliphatic heterocycles. The smallest absolute Gasteiger partial charge is 0.320 e. The Hall–Kier alpha value is -1.34. The van der Waals surface area contributed by atoms with Crippen molar-refractivity contribution >= 4 is 11.9 Å². The van der Waals surface area contributed by atoms with Gasteiger partial charge in [0.15, 0.2) is 23.8 Å². The molecule has 11 nitrogen and oxygen atoms in total. The minimum Gasteiger partial charge on any atom is -0.465 e. The van der Waals surface area contributed by atoms with E-state index in [9.17, 15) is 9.59 Å². The van der Waals surface area contributed by atoms with E-state index in [2.05, 4.69) is 6.92 Å². The third-order valence-corrected chi connectivity index (χ3v) is 9.38. The molecule has 49 heavy (non-hydrogen) atoms. The monoisotopic (exact) mass is 700 g/mol. The minimum absolute atomic E-state index is 0.0666. The summed E-state index contributed by atoms with van der Waals surface area (Å²) in [6.45, 7) is 14.4. The zero-order valence-electron chi connectivity index (χ0n) is 31.7. The molecule has 3 saturated heterocycles. The van der Waals surface area contributed by atoms with Crippen LogP contribution in [-0.4, -0.2) is 93.4 Å². The van der Waals surface area contributed by atoms with E-state index in [0.29, 0.717) is 13.2 Å². The van der Waals surface area contributed by atoms with Gasteiger partial charge in [0, 0.05) is 6.61 Å². The van der Waals surface area contributed by atoms with Crippen LogP contribution in [0, 0.1) is 5.92 Å². The maximum Gasteiger partial charge on any atom is 0.320 e. The van der Waals surface area contributed by atoms with Crippen molar-refractivity contribution in [2.45, 2.75) is 193 Å². The van der Waals surface area contributed by atoms with Gasteiger partial charge in [0.25, 0.3) is 0 Å². The number of fused-ring (bicyclic) bond motifs is 1. The minimum atomic E-state index is -1.12. The quantitative estimate of drug-likeness (QED) is 0.0511. The first-order valence-electron chi connectivity index (χ1n) is 19.4. The van der Waals surface area contributed by atoms with Crippen molar-refractivity contribution in [1.29, 1.82) is 0 Å². The number of esters is 2. The van der Waals surface area contributed by atoms with Gasteiger partial charge in [-0.1, -0.05) is 90.4 Å². The number of rotatable bonds is 26. The number of hydrogen-bond acceptors (Lipinski definition) is 11. The van der Waals surface area contributed by atoms with E-state index < -0.39 is 60.1 Å². The topological polar surface area (TPSA) is 117 Å². The molecule has 0 unspecified atom stereocenters. The predicted octanol–water partition coefficient (Wildman–Crippen LogP) is 7.40. The molecule has 3 rings (SSSR count). The number of hydrogen-bond donors (Lipinski definition) is 0. The van der Waals surface area contributed by atoms with Crippen molar-refractivity contribution in [3.63, 3.8) is 0 Å². The lowest BCUT2D eigenvalue weighted by Crippen LogP contribution is -2.40. The van der Waals surface area contributed by atoms with Crippen molar-refractivity contribution in [1.82, 2.24) is 0 Å². The molecule has 3 fully saturated rings. The van der Waals surface area contributed by atoms with Gasteiger partial charge in [0.2, 0.25) is 0 Å². The lowest BCUT2D eigenvalue weighted by molar-refractivity contribution is -0.252. The number of carbonyl (C=O) groups is 2. The van der Waals surface area contributed by atoms with Gasteiger partial charge in [0.05, 0.1) is 32.5 Å². The van der Waals surface area contributed by atoms with Gasteiger partial charge in [-0.3, -0.25) is 9.59 Å². The fourth-order valence-corrected chi connectivity index (χ4v) is 6.87. The van der Waals surface area contributed by atoms with Gasteiger partial charge >= 0.3 is 11.9 Å².